The summed E-state index contributed by atoms with van der Waals surface area (Å²) in [5.74, 6) is -0.00731. The monoisotopic (exact) mass is 349 g/mol. The Balaban J connectivity index is 1.67. The number of aryl methyl sites for hydroxylation is 1. The zero-order valence-electron chi connectivity index (χ0n) is 15.0. The maximum atomic E-state index is 13.3. The van der Waals surface area contributed by atoms with Crippen molar-refractivity contribution in [2.75, 3.05) is 6.54 Å². The van der Waals surface area contributed by atoms with Crippen molar-refractivity contribution in [2.45, 2.75) is 31.7 Å². The second kappa shape index (κ2) is 7.15. The number of carbonyl (C=O) groups is 1. The van der Waals surface area contributed by atoms with Gasteiger partial charge in [0.1, 0.15) is 5.69 Å². The summed E-state index contributed by atoms with van der Waals surface area (Å²) in [7, 11) is 2.04. The van der Waals surface area contributed by atoms with Gasteiger partial charge in [-0.25, -0.2) is 4.68 Å². The van der Waals surface area contributed by atoms with E-state index in [0.29, 0.717) is 5.69 Å². The highest BCUT2D eigenvalue weighted by atomic mass is 16.2. The van der Waals surface area contributed by atoms with Gasteiger partial charge in [0, 0.05) is 44.1 Å². The molecule has 1 aliphatic rings. The summed E-state index contributed by atoms with van der Waals surface area (Å²) < 4.78 is 3.86. The molecular weight excluding hydrogens is 326 g/mol. The second-order valence-electron chi connectivity index (χ2n) is 6.76. The Morgan fingerprint density at radius 3 is 2.81 bits per heavy atom. The van der Waals surface area contributed by atoms with Gasteiger partial charge in [-0.15, -0.1) is 0 Å². The number of amides is 1. The molecule has 3 aromatic rings. The van der Waals surface area contributed by atoms with Crippen LogP contribution in [0.5, 0.6) is 0 Å². The van der Waals surface area contributed by atoms with Gasteiger partial charge in [-0.1, -0.05) is 12.8 Å². The predicted octanol–water partition coefficient (Wildman–Crippen LogP) is 3.36. The number of hydrogen-bond acceptors (Lipinski definition) is 3. The van der Waals surface area contributed by atoms with Crippen molar-refractivity contribution in [1.29, 1.82) is 0 Å². The van der Waals surface area contributed by atoms with Gasteiger partial charge in [0.15, 0.2) is 0 Å². The SMILES string of the molecule is Cn1cccc1C1CCCCCN1C(=O)c1cc(-n2cccn2)ccn1. The molecule has 134 valence electrons. The highest BCUT2D eigenvalue weighted by molar-refractivity contribution is 5.93. The summed E-state index contributed by atoms with van der Waals surface area (Å²) in [6.07, 6.45) is 11.6. The molecule has 4 rings (SSSR count). The first-order valence-corrected chi connectivity index (χ1v) is 9.12. The van der Waals surface area contributed by atoms with E-state index in [0.717, 1.165) is 37.9 Å². The van der Waals surface area contributed by atoms with Gasteiger partial charge in [-0.05, 0) is 43.2 Å². The van der Waals surface area contributed by atoms with Gasteiger partial charge in [-0.3, -0.25) is 9.78 Å². The molecule has 4 heterocycles. The van der Waals surface area contributed by atoms with E-state index in [9.17, 15) is 4.79 Å². The summed E-state index contributed by atoms with van der Waals surface area (Å²) in [4.78, 5) is 19.7. The molecule has 0 aliphatic carbocycles. The third kappa shape index (κ3) is 3.14. The molecule has 0 bridgehead atoms. The maximum absolute atomic E-state index is 13.3. The fourth-order valence-corrected chi connectivity index (χ4v) is 3.73. The Morgan fingerprint density at radius 2 is 2.04 bits per heavy atom. The minimum atomic E-state index is -0.00731. The van der Waals surface area contributed by atoms with Crippen molar-refractivity contribution in [3.05, 3.63) is 66.5 Å². The Morgan fingerprint density at radius 1 is 1.12 bits per heavy atom. The summed E-state index contributed by atoms with van der Waals surface area (Å²) in [6.45, 7) is 0.766. The number of likely N-dealkylation sites (tertiary alicyclic amines) is 1. The van der Waals surface area contributed by atoms with E-state index in [1.54, 1.807) is 17.1 Å². The third-order valence-corrected chi connectivity index (χ3v) is 5.07. The fraction of sp³-hybridized carbons (Fsp3) is 0.350. The number of hydrogen-bond donors (Lipinski definition) is 0. The largest absolute Gasteiger partial charge is 0.353 e. The van der Waals surface area contributed by atoms with E-state index in [4.69, 9.17) is 0 Å². The molecule has 0 radical (unpaired) electrons. The first-order chi connectivity index (χ1) is 12.7. The highest BCUT2D eigenvalue weighted by Crippen LogP contribution is 2.31. The number of carbonyl (C=O) groups excluding carboxylic acids is 1. The van der Waals surface area contributed by atoms with Gasteiger partial charge < -0.3 is 9.47 Å². The predicted molar refractivity (Wildman–Crippen MR) is 99.0 cm³/mol. The third-order valence-electron chi connectivity index (χ3n) is 5.07. The molecule has 6 nitrogen and oxygen atoms in total. The van der Waals surface area contributed by atoms with Gasteiger partial charge in [0.2, 0.25) is 0 Å². The van der Waals surface area contributed by atoms with Crippen molar-refractivity contribution in [3.63, 3.8) is 0 Å². The van der Waals surface area contributed by atoms with Gasteiger partial charge in [0.05, 0.1) is 11.7 Å². The van der Waals surface area contributed by atoms with Crippen LogP contribution in [0.2, 0.25) is 0 Å². The molecule has 1 unspecified atom stereocenters. The maximum Gasteiger partial charge on any atom is 0.273 e. The van der Waals surface area contributed by atoms with Crippen molar-refractivity contribution in [1.82, 2.24) is 24.2 Å². The van der Waals surface area contributed by atoms with E-state index in [1.165, 1.54) is 5.69 Å². The Kier molecular flexibility index (Phi) is 4.56. The number of nitrogens with zero attached hydrogens (tertiary/aromatic N) is 5. The number of pyridine rings is 1. The first-order valence-electron chi connectivity index (χ1n) is 9.12. The van der Waals surface area contributed by atoms with Crippen molar-refractivity contribution < 1.29 is 4.79 Å². The minimum Gasteiger partial charge on any atom is -0.353 e. The molecule has 0 N–H and O–H groups in total. The number of aromatic nitrogens is 4. The van der Waals surface area contributed by atoms with Crippen molar-refractivity contribution >= 4 is 5.91 Å². The van der Waals surface area contributed by atoms with Crippen LogP contribution >= 0.6 is 0 Å². The molecule has 6 heteroatoms. The molecule has 0 saturated carbocycles. The molecule has 0 spiro atoms. The molecule has 0 aromatic carbocycles. The fourth-order valence-electron chi connectivity index (χ4n) is 3.73. The summed E-state index contributed by atoms with van der Waals surface area (Å²) in [5.41, 5.74) is 2.50. The lowest BCUT2D eigenvalue weighted by Crippen LogP contribution is -2.36. The normalized spacial score (nSPS) is 17.9. The highest BCUT2D eigenvalue weighted by Gasteiger charge is 2.29. The molecular formula is C20H23N5O. The van der Waals surface area contributed by atoms with E-state index in [2.05, 4.69) is 20.7 Å². The van der Waals surface area contributed by atoms with Crippen LogP contribution < -0.4 is 0 Å². The summed E-state index contributed by atoms with van der Waals surface area (Å²) in [5, 5.41) is 4.24. The van der Waals surface area contributed by atoms with Crippen LogP contribution in [0.15, 0.2) is 55.1 Å². The minimum absolute atomic E-state index is 0.00731. The molecule has 1 amide bonds. The molecule has 1 atom stereocenters. The Labute approximate surface area is 153 Å². The van der Waals surface area contributed by atoms with Gasteiger partial charge >= 0.3 is 0 Å². The van der Waals surface area contributed by atoms with Crippen LogP contribution in [0.4, 0.5) is 0 Å². The molecule has 1 aliphatic heterocycles. The Bertz CT molecular complexity index is 883. The zero-order valence-corrected chi connectivity index (χ0v) is 15.0. The average molecular weight is 349 g/mol. The first kappa shape index (κ1) is 16.6. The van der Waals surface area contributed by atoms with E-state index in [1.807, 2.05) is 48.6 Å². The van der Waals surface area contributed by atoms with Crippen LogP contribution in [0.1, 0.15) is 47.9 Å². The molecule has 26 heavy (non-hydrogen) atoms. The lowest BCUT2D eigenvalue weighted by atomic mass is 10.1. The standard InChI is InChI=1S/C20H23N5O/c1-23-12-5-8-18(23)19-7-3-2-4-13-24(19)20(26)17-15-16(9-11-21-17)25-14-6-10-22-25/h5-6,8-12,14-15,19H,2-4,7,13H2,1H3. The zero-order chi connectivity index (χ0) is 17.9. The second-order valence-corrected chi connectivity index (χ2v) is 6.76. The molecule has 3 aromatic heterocycles. The quantitative estimate of drug-likeness (QED) is 0.728. The summed E-state index contributed by atoms with van der Waals surface area (Å²) in [6, 6.07) is 9.80. The topological polar surface area (TPSA) is 56.0 Å². The van der Waals surface area contributed by atoms with Gasteiger partial charge in [0.25, 0.3) is 5.91 Å². The lowest BCUT2D eigenvalue weighted by Gasteiger charge is -2.30. The van der Waals surface area contributed by atoms with Crippen LogP contribution in [0, 0.1) is 0 Å². The van der Waals surface area contributed by atoms with Crippen LogP contribution in [-0.2, 0) is 7.05 Å². The van der Waals surface area contributed by atoms with E-state index < -0.39 is 0 Å². The van der Waals surface area contributed by atoms with Crippen LogP contribution in [0.25, 0.3) is 5.69 Å². The molecule has 1 saturated heterocycles. The molecule has 1 fully saturated rings. The Hall–Kier alpha value is -2.89. The van der Waals surface area contributed by atoms with E-state index >= 15 is 0 Å². The summed E-state index contributed by atoms with van der Waals surface area (Å²) >= 11 is 0. The average Bonchev–Trinajstić information content (AvgIpc) is 3.29. The van der Waals surface area contributed by atoms with Crippen LogP contribution in [-0.4, -0.2) is 36.7 Å². The van der Waals surface area contributed by atoms with E-state index in [-0.39, 0.29) is 11.9 Å². The lowest BCUT2D eigenvalue weighted by molar-refractivity contribution is 0.0668. The van der Waals surface area contributed by atoms with Crippen molar-refractivity contribution in [2.24, 2.45) is 7.05 Å². The van der Waals surface area contributed by atoms with Crippen LogP contribution in [0.3, 0.4) is 0 Å². The number of rotatable bonds is 3. The van der Waals surface area contributed by atoms with Crippen molar-refractivity contribution in [3.8, 4) is 5.69 Å². The van der Waals surface area contributed by atoms with Gasteiger partial charge in [-0.2, -0.15) is 5.10 Å². The smallest absolute Gasteiger partial charge is 0.273 e.